The Morgan fingerprint density at radius 3 is 2.41 bits per heavy atom. The van der Waals surface area contributed by atoms with Crippen LogP contribution >= 0.6 is 0 Å². The largest absolute Gasteiger partial charge is 0.507 e. The van der Waals surface area contributed by atoms with Crippen LogP contribution in [0.15, 0.2) is 48.0 Å². The van der Waals surface area contributed by atoms with Crippen molar-refractivity contribution in [3.05, 3.63) is 53.6 Å². The number of methoxy groups -OCH3 is 1. The normalized spacial score (nSPS) is 10.8. The number of ether oxygens (including phenoxy) is 1. The molecule has 0 aliphatic carbocycles. The Kier molecular flexibility index (Phi) is 6.84. The Balaban J connectivity index is 2.21. The van der Waals surface area contributed by atoms with Crippen molar-refractivity contribution in [1.29, 1.82) is 5.26 Å². The van der Waals surface area contributed by atoms with E-state index in [-0.39, 0.29) is 11.3 Å². The van der Waals surface area contributed by atoms with Gasteiger partial charge in [0.05, 0.1) is 7.11 Å². The van der Waals surface area contributed by atoms with Crippen molar-refractivity contribution in [3.8, 4) is 17.6 Å². The summed E-state index contributed by atoms with van der Waals surface area (Å²) in [5.41, 5.74) is 1.74. The highest BCUT2D eigenvalue weighted by molar-refractivity contribution is 6.09. The monoisotopic (exact) mass is 365 g/mol. The van der Waals surface area contributed by atoms with E-state index < -0.39 is 5.91 Å². The van der Waals surface area contributed by atoms with Crippen molar-refractivity contribution in [1.82, 2.24) is 0 Å². The maximum Gasteiger partial charge on any atom is 0.266 e. The van der Waals surface area contributed by atoms with Crippen LogP contribution in [0.4, 0.5) is 11.4 Å². The summed E-state index contributed by atoms with van der Waals surface area (Å²) in [5.74, 6) is 0.140. The van der Waals surface area contributed by atoms with Crippen molar-refractivity contribution < 1.29 is 14.6 Å². The number of carbonyl (C=O) groups excluding carboxylic acids is 1. The maximum absolute atomic E-state index is 12.4. The lowest BCUT2D eigenvalue weighted by atomic mass is 10.1. The van der Waals surface area contributed by atoms with Crippen LogP contribution < -0.4 is 15.0 Å². The van der Waals surface area contributed by atoms with E-state index >= 15 is 0 Å². The highest BCUT2D eigenvalue weighted by atomic mass is 16.5. The molecule has 2 N–H and O–H groups in total. The zero-order valence-electron chi connectivity index (χ0n) is 15.7. The number of amides is 1. The molecule has 0 aliphatic rings. The van der Waals surface area contributed by atoms with Gasteiger partial charge in [-0.05, 0) is 56.3 Å². The first kappa shape index (κ1) is 19.9. The van der Waals surface area contributed by atoms with Crippen LogP contribution in [0.5, 0.6) is 11.5 Å². The minimum absolute atomic E-state index is 0.0180. The van der Waals surface area contributed by atoms with E-state index in [2.05, 4.69) is 10.2 Å². The molecular weight excluding hydrogens is 342 g/mol. The second kappa shape index (κ2) is 9.30. The van der Waals surface area contributed by atoms with Gasteiger partial charge in [0.1, 0.15) is 23.1 Å². The van der Waals surface area contributed by atoms with E-state index in [1.165, 1.54) is 6.08 Å². The molecule has 1 amide bonds. The van der Waals surface area contributed by atoms with Crippen LogP contribution in [0.3, 0.4) is 0 Å². The first-order valence-electron chi connectivity index (χ1n) is 8.67. The molecule has 0 radical (unpaired) electrons. The molecule has 2 aromatic rings. The van der Waals surface area contributed by atoms with E-state index in [0.29, 0.717) is 17.0 Å². The summed E-state index contributed by atoms with van der Waals surface area (Å²) in [7, 11) is 1.56. The lowest BCUT2D eigenvalue weighted by molar-refractivity contribution is -0.112. The quantitative estimate of drug-likeness (QED) is 0.576. The molecule has 0 saturated carbocycles. The van der Waals surface area contributed by atoms with Crippen molar-refractivity contribution in [2.24, 2.45) is 0 Å². The molecule has 0 heterocycles. The third kappa shape index (κ3) is 5.02. The van der Waals surface area contributed by atoms with E-state index in [9.17, 15) is 15.2 Å². The summed E-state index contributed by atoms with van der Waals surface area (Å²) in [4.78, 5) is 14.5. The predicted molar refractivity (Wildman–Crippen MR) is 107 cm³/mol. The van der Waals surface area contributed by atoms with Gasteiger partial charge in [-0.15, -0.1) is 0 Å². The number of phenols is 1. The molecule has 0 bridgehead atoms. The Morgan fingerprint density at radius 1 is 1.22 bits per heavy atom. The smallest absolute Gasteiger partial charge is 0.266 e. The van der Waals surface area contributed by atoms with Gasteiger partial charge in [0.25, 0.3) is 5.91 Å². The van der Waals surface area contributed by atoms with Crippen LogP contribution in [0.25, 0.3) is 6.08 Å². The number of hydrogen-bond donors (Lipinski definition) is 2. The predicted octanol–water partition coefficient (Wildman–Crippen LogP) is 3.79. The Labute approximate surface area is 159 Å². The molecule has 140 valence electrons. The van der Waals surface area contributed by atoms with Gasteiger partial charge < -0.3 is 20.1 Å². The number of nitriles is 1. The average Bonchev–Trinajstić information content (AvgIpc) is 2.68. The lowest BCUT2D eigenvalue weighted by Crippen LogP contribution is -2.21. The molecule has 2 aromatic carbocycles. The standard InChI is InChI=1S/C21H23N3O3/c1-4-24(5-2)18-9-6-15(20(25)13-18)12-16(14-22)21(26)23-17-7-10-19(27-3)11-8-17/h6-13,25H,4-5H2,1-3H3,(H,23,26)/b16-12+. The van der Waals surface area contributed by atoms with Gasteiger partial charge in [-0.25, -0.2) is 0 Å². The number of nitrogens with zero attached hydrogens (tertiary/aromatic N) is 2. The van der Waals surface area contributed by atoms with Crippen LogP contribution in [0, 0.1) is 11.3 Å². The molecule has 0 atom stereocenters. The fraction of sp³-hybridized carbons (Fsp3) is 0.238. The number of hydrogen-bond acceptors (Lipinski definition) is 5. The number of phenolic OH excluding ortho intramolecular Hbond substituents is 1. The first-order chi connectivity index (χ1) is 13.0. The Morgan fingerprint density at radius 2 is 1.89 bits per heavy atom. The molecule has 0 unspecified atom stereocenters. The zero-order valence-corrected chi connectivity index (χ0v) is 15.7. The number of aromatic hydroxyl groups is 1. The first-order valence-corrected chi connectivity index (χ1v) is 8.67. The van der Waals surface area contributed by atoms with Crippen molar-refractivity contribution in [3.63, 3.8) is 0 Å². The lowest BCUT2D eigenvalue weighted by Gasteiger charge is -2.21. The summed E-state index contributed by atoms with van der Waals surface area (Å²) in [5, 5.41) is 22.3. The minimum Gasteiger partial charge on any atom is -0.507 e. The third-order valence-corrected chi connectivity index (χ3v) is 4.16. The maximum atomic E-state index is 12.4. The van der Waals surface area contributed by atoms with E-state index in [4.69, 9.17) is 4.74 Å². The van der Waals surface area contributed by atoms with Crippen LogP contribution in [-0.4, -0.2) is 31.2 Å². The van der Waals surface area contributed by atoms with Crippen LogP contribution in [-0.2, 0) is 4.79 Å². The van der Waals surface area contributed by atoms with Gasteiger partial charge in [-0.1, -0.05) is 0 Å². The summed E-state index contributed by atoms with van der Waals surface area (Å²) in [6, 6.07) is 13.9. The SMILES string of the molecule is CCN(CC)c1ccc(/C=C(\C#N)C(=O)Nc2ccc(OC)cc2)c(O)c1. The second-order valence-electron chi connectivity index (χ2n) is 5.77. The van der Waals surface area contributed by atoms with E-state index in [0.717, 1.165) is 18.8 Å². The molecular formula is C21H23N3O3. The minimum atomic E-state index is -0.546. The van der Waals surface area contributed by atoms with Crippen molar-refractivity contribution in [2.45, 2.75) is 13.8 Å². The molecule has 27 heavy (non-hydrogen) atoms. The van der Waals surface area contributed by atoms with Gasteiger partial charge in [-0.2, -0.15) is 5.26 Å². The second-order valence-corrected chi connectivity index (χ2v) is 5.77. The summed E-state index contributed by atoms with van der Waals surface area (Å²) in [6.45, 7) is 5.70. The molecule has 0 aromatic heterocycles. The molecule has 6 heteroatoms. The number of nitrogens with one attached hydrogen (secondary N) is 1. The zero-order chi connectivity index (χ0) is 19.8. The van der Waals surface area contributed by atoms with Gasteiger partial charge in [0.15, 0.2) is 0 Å². The molecule has 0 fully saturated rings. The molecule has 2 rings (SSSR count). The summed E-state index contributed by atoms with van der Waals surface area (Å²) < 4.78 is 5.07. The molecule has 0 saturated heterocycles. The molecule has 0 spiro atoms. The summed E-state index contributed by atoms with van der Waals surface area (Å²) in [6.07, 6.45) is 1.38. The van der Waals surface area contributed by atoms with Crippen LogP contribution in [0.1, 0.15) is 19.4 Å². The van der Waals surface area contributed by atoms with E-state index in [1.807, 2.05) is 26.0 Å². The Hall–Kier alpha value is -3.46. The third-order valence-electron chi connectivity index (χ3n) is 4.16. The fourth-order valence-corrected chi connectivity index (χ4v) is 2.62. The average molecular weight is 365 g/mol. The Bertz CT molecular complexity index is 863. The highest BCUT2D eigenvalue weighted by Gasteiger charge is 2.12. The highest BCUT2D eigenvalue weighted by Crippen LogP contribution is 2.27. The van der Waals surface area contributed by atoms with Gasteiger partial charge >= 0.3 is 0 Å². The van der Waals surface area contributed by atoms with Gasteiger partial charge in [0.2, 0.25) is 0 Å². The molecule has 0 aliphatic heterocycles. The fourth-order valence-electron chi connectivity index (χ4n) is 2.62. The summed E-state index contributed by atoms with van der Waals surface area (Å²) >= 11 is 0. The van der Waals surface area contributed by atoms with Crippen molar-refractivity contribution in [2.75, 3.05) is 30.4 Å². The van der Waals surface area contributed by atoms with Gasteiger partial charge in [0, 0.05) is 36.1 Å². The van der Waals surface area contributed by atoms with Crippen molar-refractivity contribution >= 4 is 23.4 Å². The van der Waals surface area contributed by atoms with Crippen LogP contribution in [0.2, 0.25) is 0 Å². The van der Waals surface area contributed by atoms with E-state index in [1.54, 1.807) is 43.5 Å². The topological polar surface area (TPSA) is 85.6 Å². The number of benzene rings is 2. The number of anilines is 2. The number of carbonyl (C=O) groups is 1. The number of rotatable bonds is 7. The molecule has 6 nitrogen and oxygen atoms in total. The van der Waals surface area contributed by atoms with Gasteiger partial charge in [-0.3, -0.25) is 4.79 Å².